The lowest BCUT2D eigenvalue weighted by Crippen LogP contribution is -2.33. The second-order valence-electron chi connectivity index (χ2n) is 8.23. The minimum Gasteiger partial charge on any atom is -0.409 e. The minimum atomic E-state index is -0.240. The van der Waals surface area contributed by atoms with Gasteiger partial charge in [0.1, 0.15) is 5.84 Å². The van der Waals surface area contributed by atoms with Crippen molar-refractivity contribution in [2.24, 2.45) is 27.6 Å². The minimum absolute atomic E-state index is 0.240. The Morgan fingerprint density at radius 1 is 1.33 bits per heavy atom. The van der Waals surface area contributed by atoms with E-state index >= 15 is 0 Å². The SMILES string of the molecule is CC1CC(OCCCCC(C)(C)C(N)=NO)CC(C)(C)C1. The molecule has 0 aliphatic heterocycles. The summed E-state index contributed by atoms with van der Waals surface area (Å²) >= 11 is 0. The zero-order valence-corrected chi connectivity index (χ0v) is 14.5. The van der Waals surface area contributed by atoms with Crippen molar-refractivity contribution in [3.05, 3.63) is 0 Å². The first-order valence-electron chi connectivity index (χ1n) is 8.26. The van der Waals surface area contributed by atoms with Crippen molar-refractivity contribution < 1.29 is 9.94 Å². The van der Waals surface area contributed by atoms with Crippen LogP contribution in [0.15, 0.2) is 5.16 Å². The standard InChI is InChI=1S/C17H34N2O2/c1-13-10-14(12-16(2,3)11-13)21-9-7-6-8-17(4,5)15(18)19-20/h13-14,20H,6-12H2,1-5H3,(H2,18,19). The van der Waals surface area contributed by atoms with Crippen LogP contribution in [0.25, 0.3) is 0 Å². The maximum atomic E-state index is 8.76. The zero-order chi connectivity index (χ0) is 16.1. The van der Waals surface area contributed by atoms with Gasteiger partial charge in [-0.05, 0) is 43.4 Å². The average molecular weight is 298 g/mol. The number of nitrogens with zero attached hydrogens (tertiary/aromatic N) is 1. The summed E-state index contributed by atoms with van der Waals surface area (Å²) < 4.78 is 6.08. The zero-order valence-electron chi connectivity index (χ0n) is 14.5. The molecule has 124 valence electrons. The normalized spacial score (nSPS) is 26.8. The van der Waals surface area contributed by atoms with Gasteiger partial charge in [-0.1, -0.05) is 46.2 Å². The number of amidine groups is 1. The van der Waals surface area contributed by atoms with E-state index in [1.165, 1.54) is 19.3 Å². The molecule has 2 unspecified atom stereocenters. The lowest BCUT2D eigenvalue weighted by molar-refractivity contribution is -0.0242. The smallest absolute Gasteiger partial charge is 0.144 e. The topological polar surface area (TPSA) is 67.8 Å². The predicted molar refractivity (Wildman–Crippen MR) is 87.6 cm³/mol. The largest absolute Gasteiger partial charge is 0.409 e. The number of hydrogen-bond donors (Lipinski definition) is 2. The first-order valence-corrected chi connectivity index (χ1v) is 8.26. The molecule has 4 nitrogen and oxygen atoms in total. The summed E-state index contributed by atoms with van der Waals surface area (Å²) in [5, 5.41) is 11.9. The van der Waals surface area contributed by atoms with Crippen LogP contribution < -0.4 is 5.73 Å². The predicted octanol–water partition coefficient (Wildman–Crippen LogP) is 4.16. The molecule has 2 atom stereocenters. The van der Waals surface area contributed by atoms with Crippen LogP contribution in [0.5, 0.6) is 0 Å². The summed E-state index contributed by atoms with van der Waals surface area (Å²) in [4.78, 5) is 0. The molecule has 4 heteroatoms. The monoisotopic (exact) mass is 298 g/mol. The Morgan fingerprint density at radius 3 is 2.57 bits per heavy atom. The Labute approximate surface area is 130 Å². The highest BCUT2D eigenvalue weighted by molar-refractivity contribution is 5.85. The first kappa shape index (κ1) is 18.3. The molecule has 21 heavy (non-hydrogen) atoms. The molecule has 0 heterocycles. The van der Waals surface area contributed by atoms with E-state index in [9.17, 15) is 0 Å². The van der Waals surface area contributed by atoms with Gasteiger partial charge in [0.25, 0.3) is 0 Å². The van der Waals surface area contributed by atoms with Crippen LogP contribution in [0.1, 0.15) is 73.1 Å². The van der Waals surface area contributed by atoms with Gasteiger partial charge in [0.2, 0.25) is 0 Å². The lowest BCUT2D eigenvalue weighted by atomic mass is 9.71. The van der Waals surface area contributed by atoms with E-state index in [-0.39, 0.29) is 5.41 Å². The molecule has 0 amide bonds. The van der Waals surface area contributed by atoms with E-state index in [4.69, 9.17) is 15.7 Å². The molecule has 3 N–H and O–H groups in total. The molecule has 0 radical (unpaired) electrons. The molecular formula is C17H34N2O2. The molecule has 1 aliphatic carbocycles. The van der Waals surface area contributed by atoms with Crippen molar-refractivity contribution in [1.82, 2.24) is 0 Å². The highest BCUT2D eigenvalue weighted by Crippen LogP contribution is 2.39. The summed E-state index contributed by atoms with van der Waals surface area (Å²) in [6, 6.07) is 0. The number of hydrogen-bond acceptors (Lipinski definition) is 3. The molecule has 0 aromatic heterocycles. The van der Waals surface area contributed by atoms with Crippen molar-refractivity contribution in [1.29, 1.82) is 0 Å². The lowest BCUT2D eigenvalue weighted by Gasteiger charge is -2.38. The quantitative estimate of drug-likeness (QED) is 0.244. The number of oxime groups is 1. The average Bonchev–Trinajstić information content (AvgIpc) is 2.34. The third-order valence-corrected chi connectivity index (χ3v) is 4.70. The van der Waals surface area contributed by atoms with Crippen LogP contribution >= 0.6 is 0 Å². The maximum Gasteiger partial charge on any atom is 0.144 e. The summed E-state index contributed by atoms with van der Waals surface area (Å²) in [6.45, 7) is 11.9. The summed E-state index contributed by atoms with van der Waals surface area (Å²) in [7, 11) is 0. The maximum absolute atomic E-state index is 8.76. The highest BCUT2D eigenvalue weighted by atomic mass is 16.5. The molecule has 0 saturated heterocycles. The second kappa shape index (κ2) is 7.48. The molecular weight excluding hydrogens is 264 g/mol. The van der Waals surface area contributed by atoms with Gasteiger partial charge in [-0.2, -0.15) is 0 Å². The summed E-state index contributed by atoms with van der Waals surface area (Å²) in [5.41, 5.74) is 5.87. The van der Waals surface area contributed by atoms with Gasteiger partial charge in [0, 0.05) is 12.0 Å². The molecule has 0 aromatic rings. The molecule has 1 aliphatic rings. The van der Waals surface area contributed by atoms with Crippen LogP contribution in [0.4, 0.5) is 0 Å². The molecule has 1 fully saturated rings. The van der Waals surface area contributed by atoms with E-state index < -0.39 is 0 Å². The van der Waals surface area contributed by atoms with E-state index in [1.54, 1.807) is 0 Å². The van der Waals surface area contributed by atoms with Gasteiger partial charge in [0.05, 0.1) is 6.10 Å². The van der Waals surface area contributed by atoms with Gasteiger partial charge >= 0.3 is 0 Å². The molecule has 0 aromatic carbocycles. The molecule has 0 spiro atoms. The van der Waals surface area contributed by atoms with Crippen molar-refractivity contribution in [3.8, 4) is 0 Å². The Hall–Kier alpha value is -0.770. The van der Waals surface area contributed by atoms with E-state index in [1.807, 2.05) is 13.8 Å². The fourth-order valence-electron chi connectivity index (χ4n) is 3.57. The van der Waals surface area contributed by atoms with Gasteiger partial charge in [0.15, 0.2) is 0 Å². The van der Waals surface area contributed by atoms with E-state index in [0.29, 0.717) is 17.4 Å². The third-order valence-electron chi connectivity index (χ3n) is 4.70. The van der Waals surface area contributed by atoms with Gasteiger partial charge in [-0.25, -0.2) is 0 Å². The number of rotatable bonds is 7. The molecule has 0 bridgehead atoms. The Morgan fingerprint density at radius 2 is 2.00 bits per heavy atom. The van der Waals surface area contributed by atoms with Crippen molar-refractivity contribution in [3.63, 3.8) is 0 Å². The summed E-state index contributed by atoms with van der Waals surface area (Å²) in [5.74, 6) is 1.07. The fraction of sp³-hybridized carbons (Fsp3) is 0.941. The van der Waals surface area contributed by atoms with Crippen molar-refractivity contribution in [2.45, 2.75) is 79.2 Å². The Kier molecular flexibility index (Phi) is 6.51. The first-order chi connectivity index (χ1) is 9.66. The van der Waals surface area contributed by atoms with Crippen LogP contribution in [0, 0.1) is 16.7 Å². The van der Waals surface area contributed by atoms with Crippen molar-refractivity contribution >= 4 is 5.84 Å². The third kappa shape index (κ3) is 6.25. The van der Waals surface area contributed by atoms with Gasteiger partial charge in [-0.3, -0.25) is 0 Å². The van der Waals surface area contributed by atoms with E-state index in [2.05, 4.69) is 25.9 Å². The number of nitrogens with two attached hydrogens (primary N) is 1. The number of unbranched alkanes of at least 4 members (excludes halogenated alkanes) is 1. The second-order valence-corrected chi connectivity index (χ2v) is 8.23. The van der Waals surface area contributed by atoms with Crippen LogP contribution in [0.2, 0.25) is 0 Å². The van der Waals surface area contributed by atoms with Crippen LogP contribution in [-0.4, -0.2) is 23.8 Å². The fourth-order valence-corrected chi connectivity index (χ4v) is 3.57. The Balaban J connectivity index is 2.23. The highest BCUT2D eigenvalue weighted by Gasteiger charge is 2.32. The van der Waals surface area contributed by atoms with Gasteiger partial charge < -0.3 is 15.7 Å². The van der Waals surface area contributed by atoms with Gasteiger partial charge in [-0.15, -0.1) is 0 Å². The Bertz CT molecular complexity index is 351. The van der Waals surface area contributed by atoms with E-state index in [0.717, 1.165) is 31.8 Å². The van der Waals surface area contributed by atoms with Crippen molar-refractivity contribution in [2.75, 3.05) is 6.61 Å². The van der Waals surface area contributed by atoms with Crippen LogP contribution in [0.3, 0.4) is 0 Å². The number of ether oxygens (including phenoxy) is 1. The van der Waals surface area contributed by atoms with Crippen LogP contribution in [-0.2, 0) is 4.74 Å². The molecule has 1 rings (SSSR count). The molecule has 1 saturated carbocycles. The summed E-state index contributed by atoms with van der Waals surface area (Å²) in [6.07, 6.45) is 7.08.